The molecule has 0 unspecified atom stereocenters. The van der Waals surface area contributed by atoms with Gasteiger partial charge in [0.1, 0.15) is 0 Å². The molecular formula is C29H34N4O3S2. The average Bonchev–Trinajstić information content (AvgIpc) is 3.35. The second kappa shape index (κ2) is 11.6. The van der Waals surface area contributed by atoms with Gasteiger partial charge in [-0.1, -0.05) is 49.4 Å². The van der Waals surface area contributed by atoms with E-state index in [0.717, 1.165) is 34.4 Å². The first-order valence-electron chi connectivity index (χ1n) is 12.7. The Labute approximate surface area is 229 Å². The maximum absolute atomic E-state index is 13.8. The number of hydrogen-bond acceptors (Lipinski definition) is 6. The molecule has 0 aliphatic heterocycles. The molecule has 4 aromatic rings. The maximum Gasteiger partial charge on any atom is 0.264 e. The van der Waals surface area contributed by atoms with Crippen molar-refractivity contribution < 1.29 is 13.2 Å². The lowest BCUT2D eigenvalue weighted by atomic mass is 10.1. The van der Waals surface area contributed by atoms with Crippen molar-refractivity contribution in [2.24, 2.45) is 0 Å². The Morgan fingerprint density at radius 1 is 0.921 bits per heavy atom. The van der Waals surface area contributed by atoms with Crippen molar-refractivity contribution in [2.45, 2.75) is 32.6 Å². The van der Waals surface area contributed by atoms with E-state index in [1.54, 1.807) is 41.3 Å². The standard InChI is InChI=1S/C29H34N4O3S2/c1-6-32(7-2)17-18-33(29-30-27-22(4)19-21(3)20-26(27)37-29)28(34)23-13-15-25(16-14-23)38(35,36)31(5)24-11-9-8-10-12-24/h8-16,19-20H,6-7,17-18H2,1-5H3. The molecule has 9 heteroatoms. The lowest BCUT2D eigenvalue weighted by molar-refractivity contribution is 0.0983. The molecule has 0 radical (unpaired) electrons. The summed E-state index contributed by atoms with van der Waals surface area (Å²) >= 11 is 1.51. The van der Waals surface area contributed by atoms with Gasteiger partial charge in [-0.25, -0.2) is 13.4 Å². The lowest BCUT2D eigenvalue weighted by Crippen LogP contribution is -2.38. The molecule has 0 saturated heterocycles. The van der Waals surface area contributed by atoms with E-state index in [1.807, 2.05) is 13.0 Å². The number of aryl methyl sites for hydroxylation is 2. The molecule has 0 bridgehead atoms. The lowest BCUT2D eigenvalue weighted by Gasteiger charge is -2.25. The number of hydrogen-bond donors (Lipinski definition) is 0. The van der Waals surface area contributed by atoms with Crippen molar-refractivity contribution in [3.63, 3.8) is 0 Å². The molecule has 0 fully saturated rings. The van der Waals surface area contributed by atoms with Crippen molar-refractivity contribution in [2.75, 3.05) is 42.4 Å². The number of fused-ring (bicyclic) bond motifs is 1. The van der Waals surface area contributed by atoms with Gasteiger partial charge in [0.05, 0.1) is 20.8 Å². The minimum absolute atomic E-state index is 0.126. The molecule has 1 amide bonds. The highest BCUT2D eigenvalue weighted by Crippen LogP contribution is 2.32. The van der Waals surface area contributed by atoms with Crippen LogP contribution in [0.15, 0.2) is 71.6 Å². The second-order valence-corrected chi connectivity index (χ2v) is 12.2. The normalized spacial score (nSPS) is 11.7. The Kier molecular flexibility index (Phi) is 8.50. The van der Waals surface area contributed by atoms with Gasteiger partial charge in [-0.05, 0) is 80.5 Å². The van der Waals surface area contributed by atoms with Gasteiger partial charge in [0, 0.05) is 25.7 Å². The fourth-order valence-electron chi connectivity index (χ4n) is 4.40. The largest absolute Gasteiger partial charge is 0.302 e. The highest BCUT2D eigenvalue weighted by molar-refractivity contribution is 7.92. The highest BCUT2D eigenvalue weighted by atomic mass is 32.2. The zero-order valence-electron chi connectivity index (χ0n) is 22.5. The summed E-state index contributed by atoms with van der Waals surface area (Å²) in [5.74, 6) is -0.203. The molecule has 0 spiro atoms. The number of carbonyl (C=O) groups excluding carboxylic acids is 1. The van der Waals surface area contributed by atoms with E-state index < -0.39 is 10.0 Å². The van der Waals surface area contributed by atoms with E-state index in [-0.39, 0.29) is 10.8 Å². The SMILES string of the molecule is CCN(CC)CCN(C(=O)c1ccc(S(=O)(=O)N(C)c2ccccc2)cc1)c1nc2c(C)cc(C)cc2s1. The van der Waals surface area contributed by atoms with Crippen molar-refractivity contribution >= 4 is 48.3 Å². The third-order valence-electron chi connectivity index (χ3n) is 6.71. The van der Waals surface area contributed by atoms with Crippen molar-refractivity contribution in [3.8, 4) is 0 Å². The number of rotatable bonds is 10. The van der Waals surface area contributed by atoms with Gasteiger partial charge in [0.25, 0.3) is 15.9 Å². The van der Waals surface area contributed by atoms with Crippen molar-refractivity contribution in [1.29, 1.82) is 0 Å². The fraction of sp³-hybridized carbons (Fsp3) is 0.310. The highest BCUT2D eigenvalue weighted by Gasteiger charge is 2.25. The van der Waals surface area contributed by atoms with Crippen LogP contribution in [0.2, 0.25) is 0 Å². The first-order chi connectivity index (χ1) is 18.1. The Morgan fingerprint density at radius 2 is 1.58 bits per heavy atom. The number of amides is 1. The monoisotopic (exact) mass is 550 g/mol. The van der Waals surface area contributed by atoms with Gasteiger partial charge in [0.15, 0.2) is 5.13 Å². The Morgan fingerprint density at radius 3 is 2.21 bits per heavy atom. The topological polar surface area (TPSA) is 73.8 Å². The number of anilines is 2. The van der Waals surface area contributed by atoms with E-state index in [0.29, 0.717) is 29.5 Å². The van der Waals surface area contributed by atoms with E-state index in [2.05, 4.69) is 37.8 Å². The molecule has 3 aromatic carbocycles. The minimum atomic E-state index is -3.77. The molecule has 0 N–H and O–H groups in total. The van der Waals surface area contributed by atoms with Crippen LogP contribution in [-0.4, -0.2) is 57.4 Å². The van der Waals surface area contributed by atoms with Crippen LogP contribution in [0.4, 0.5) is 10.8 Å². The van der Waals surface area contributed by atoms with Crippen LogP contribution < -0.4 is 9.21 Å². The van der Waals surface area contributed by atoms with Crippen molar-refractivity contribution in [1.82, 2.24) is 9.88 Å². The van der Waals surface area contributed by atoms with E-state index in [9.17, 15) is 13.2 Å². The molecule has 1 heterocycles. The predicted molar refractivity (Wildman–Crippen MR) is 157 cm³/mol. The van der Waals surface area contributed by atoms with E-state index in [4.69, 9.17) is 4.98 Å². The Balaban J connectivity index is 1.65. The maximum atomic E-state index is 13.8. The van der Waals surface area contributed by atoms with Gasteiger partial charge < -0.3 is 4.90 Å². The molecule has 0 aliphatic carbocycles. The molecule has 0 aliphatic rings. The van der Waals surface area contributed by atoms with Crippen LogP contribution in [0.5, 0.6) is 0 Å². The molecule has 200 valence electrons. The zero-order valence-corrected chi connectivity index (χ0v) is 24.1. The molecule has 1 aromatic heterocycles. The Hall–Kier alpha value is -3.27. The molecular weight excluding hydrogens is 516 g/mol. The quantitative estimate of drug-likeness (QED) is 0.252. The third kappa shape index (κ3) is 5.75. The summed E-state index contributed by atoms with van der Waals surface area (Å²) in [6, 6.07) is 19.3. The van der Waals surface area contributed by atoms with Crippen LogP contribution in [0.1, 0.15) is 35.3 Å². The number of benzene rings is 3. The van der Waals surface area contributed by atoms with Gasteiger partial charge in [-0.15, -0.1) is 0 Å². The fourth-order valence-corrected chi connectivity index (χ4v) is 6.76. The molecule has 0 saturated carbocycles. The molecule has 4 rings (SSSR count). The summed E-state index contributed by atoms with van der Waals surface area (Å²) in [4.78, 5) is 22.7. The number of sulfonamides is 1. The molecule has 7 nitrogen and oxygen atoms in total. The minimum Gasteiger partial charge on any atom is -0.302 e. The summed E-state index contributed by atoms with van der Waals surface area (Å²) in [6.45, 7) is 11.3. The predicted octanol–water partition coefficient (Wildman–Crippen LogP) is 5.73. The summed E-state index contributed by atoms with van der Waals surface area (Å²) in [7, 11) is -2.25. The Bertz CT molecular complexity index is 1510. The van der Waals surface area contributed by atoms with E-state index in [1.165, 1.54) is 34.8 Å². The number of para-hydroxylation sites is 1. The third-order valence-corrected chi connectivity index (χ3v) is 9.53. The summed E-state index contributed by atoms with van der Waals surface area (Å²) in [6.07, 6.45) is 0. The number of carbonyl (C=O) groups is 1. The number of nitrogens with zero attached hydrogens (tertiary/aromatic N) is 4. The average molecular weight is 551 g/mol. The van der Waals surface area contributed by atoms with Crippen LogP contribution >= 0.6 is 11.3 Å². The van der Waals surface area contributed by atoms with Crippen LogP contribution in [-0.2, 0) is 10.0 Å². The summed E-state index contributed by atoms with van der Waals surface area (Å²) in [5, 5.41) is 0.645. The zero-order chi connectivity index (χ0) is 27.4. The van der Waals surface area contributed by atoms with Gasteiger partial charge >= 0.3 is 0 Å². The second-order valence-electron chi connectivity index (χ2n) is 9.24. The van der Waals surface area contributed by atoms with Crippen molar-refractivity contribution in [3.05, 3.63) is 83.4 Å². The van der Waals surface area contributed by atoms with Gasteiger partial charge in [-0.2, -0.15) is 0 Å². The van der Waals surface area contributed by atoms with Crippen LogP contribution in [0.25, 0.3) is 10.2 Å². The van der Waals surface area contributed by atoms with E-state index >= 15 is 0 Å². The number of likely N-dealkylation sites (N-methyl/N-ethyl adjacent to an activating group) is 1. The first-order valence-corrected chi connectivity index (χ1v) is 15.0. The van der Waals surface area contributed by atoms with Gasteiger partial charge in [-0.3, -0.25) is 14.0 Å². The summed E-state index contributed by atoms with van der Waals surface area (Å²) < 4.78 is 28.7. The number of thiazole rings is 1. The smallest absolute Gasteiger partial charge is 0.264 e. The van der Waals surface area contributed by atoms with Gasteiger partial charge in [0.2, 0.25) is 0 Å². The summed E-state index contributed by atoms with van der Waals surface area (Å²) in [5.41, 5.74) is 4.12. The van der Waals surface area contributed by atoms with Crippen LogP contribution in [0, 0.1) is 13.8 Å². The van der Waals surface area contributed by atoms with Crippen LogP contribution in [0.3, 0.4) is 0 Å². The molecule has 0 atom stereocenters. The number of aromatic nitrogens is 1. The molecule has 38 heavy (non-hydrogen) atoms. The first kappa shape index (κ1) is 27.8.